The van der Waals surface area contributed by atoms with Gasteiger partial charge in [-0.2, -0.15) is 0 Å². The van der Waals surface area contributed by atoms with Crippen LogP contribution < -0.4 is 0 Å². The lowest BCUT2D eigenvalue weighted by Crippen LogP contribution is -2.37. The third kappa shape index (κ3) is 15.7. The molecule has 254 valence electrons. The Morgan fingerprint density at radius 2 is 1.04 bits per heavy atom. The van der Waals surface area contributed by atoms with Gasteiger partial charge < -0.3 is 0 Å². The lowest BCUT2D eigenvalue weighted by atomic mass is 9.56. The summed E-state index contributed by atoms with van der Waals surface area (Å²) < 4.78 is 0. The lowest BCUT2D eigenvalue weighted by Gasteiger charge is -2.45. The highest BCUT2D eigenvalue weighted by Gasteiger charge is 2.49. The van der Waals surface area contributed by atoms with Gasteiger partial charge in [-0.1, -0.05) is 197 Å². The van der Waals surface area contributed by atoms with Crippen molar-refractivity contribution >= 4 is 5.78 Å². The van der Waals surface area contributed by atoms with Gasteiger partial charge in [0.1, 0.15) is 0 Å². The van der Waals surface area contributed by atoms with Crippen LogP contribution in [0.5, 0.6) is 0 Å². The molecule has 1 rings (SSSR count). The first kappa shape index (κ1) is 51.4. The molecule has 1 nitrogen and oxygen atoms in total. The van der Waals surface area contributed by atoms with Crippen molar-refractivity contribution in [1.29, 1.82) is 0 Å². The molecule has 0 aliphatic heterocycles. The van der Waals surface area contributed by atoms with E-state index in [9.17, 15) is 4.79 Å². The fraction of sp³-hybridized carbons (Fsp3) is 0.311. The molecule has 1 aliphatic carbocycles. The van der Waals surface area contributed by atoms with E-state index in [-0.39, 0.29) is 5.78 Å². The molecule has 1 unspecified atom stereocenters. The van der Waals surface area contributed by atoms with Gasteiger partial charge in [-0.3, -0.25) is 4.79 Å². The summed E-state index contributed by atoms with van der Waals surface area (Å²) in [6.07, 6.45) is 36.2. The predicted molar refractivity (Wildman–Crippen MR) is 217 cm³/mol. The van der Waals surface area contributed by atoms with Crippen LogP contribution in [0.2, 0.25) is 0 Å². The van der Waals surface area contributed by atoms with Crippen molar-refractivity contribution in [2.75, 3.05) is 0 Å². The molecule has 0 aromatic carbocycles. The van der Waals surface area contributed by atoms with E-state index >= 15 is 0 Å². The molecule has 0 spiro atoms. The maximum absolute atomic E-state index is 13.9. The Morgan fingerprint density at radius 3 is 1.41 bits per heavy atom. The van der Waals surface area contributed by atoms with E-state index in [0.717, 1.165) is 22.3 Å². The molecule has 0 heterocycles. The minimum Gasteiger partial charge on any atom is -0.289 e. The van der Waals surface area contributed by atoms with Gasteiger partial charge in [0.15, 0.2) is 5.78 Å². The van der Waals surface area contributed by atoms with Crippen LogP contribution in [-0.2, 0) is 4.79 Å². The highest BCUT2D eigenvalue weighted by molar-refractivity contribution is 6.17. The van der Waals surface area contributed by atoms with Crippen molar-refractivity contribution in [3.8, 4) is 0 Å². The molecular formula is C45H68O. The molecule has 0 aromatic rings. The smallest absolute Gasteiger partial charge is 0.193 e. The second kappa shape index (κ2) is 37.0. The zero-order chi connectivity index (χ0) is 37.0. The maximum Gasteiger partial charge on any atom is 0.193 e. The summed E-state index contributed by atoms with van der Waals surface area (Å²) in [4.78, 5) is 13.9. The van der Waals surface area contributed by atoms with Gasteiger partial charge in [0.05, 0.1) is 5.41 Å². The Bertz CT molecular complexity index is 1190. The number of hydrogen-bond acceptors (Lipinski definition) is 1. The summed E-state index contributed by atoms with van der Waals surface area (Å²) in [6, 6.07) is 0. The number of rotatable bonds is 11. The number of Topliss-reactive ketones (excluding diaryl/α,β-unsaturated/α-hetero) is 1. The first-order chi connectivity index (χ1) is 22.4. The molecule has 0 N–H and O–H groups in total. The number of carbonyl (C=O) groups is 1. The molecule has 46 heavy (non-hydrogen) atoms. The molecule has 0 saturated carbocycles. The van der Waals surface area contributed by atoms with Crippen LogP contribution in [0.15, 0.2) is 182 Å². The average Bonchev–Trinajstić information content (AvgIpc) is 3.09. The second-order valence-corrected chi connectivity index (χ2v) is 8.05. The highest BCUT2D eigenvalue weighted by atomic mass is 16.1. The number of allylic oxidation sites excluding steroid dienone is 25. The van der Waals surface area contributed by atoms with Crippen molar-refractivity contribution in [3.63, 3.8) is 0 Å². The molecule has 1 atom stereocenters. The van der Waals surface area contributed by atoms with Gasteiger partial charge >= 0.3 is 0 Å². The Morgan fingerprint density at radius 1 is 0.565 bits per heavy atom. The van der Waals surface area contributed by atoms with E-state index in [1.54, 1.807) is 36.5 Å². The molecule has 0 fully saturated rings. The zero-order valence-electron chi connectivity index (χ0n) is 31.9. The number of carbonyl (C=O) groups excluding carboxylic acids is 1. The van der Waals surface area contributed by atoms with E-state index < -0.39 is 5.41 Å². The summed E-state index contributed by atoms with van der Waals surface area (Å²) >= 11 is 0. The summed E-state index contributed by atoms with van der Waals surface area (Å²) in [5, 5.41) is 0. The number of hydrogen-bond donors (Lipinski definition) is 0. The number of ketones is 1. The second-order valence-electron chi connectivity index (χ2n) is 8.05. The van der Waals surface area contributed by atoms with Crippen molar-refractivity contribution in [3.05, 3.63) is 182 Å². The Kier molecular flexibility index (Phi) is 41.3. The first-order valence-electron chi connectivity index (χ1n) is 16.8. The van der Waals surface area contributed by atoms with E-state index in [2.05, 4.69) is 39.0 Å². The fourth-order valence-electron chi connectivity index (χ4n) is 4.35. The average molecular weight is 625 g/mol. The van der Waals surface area contributed by atoms with E-state index in [1.807, 2.05) is 163 Å². The van der Waals surface area contributed by atoms with Crippen molar-refractivity contribution in [2.24, 2.45) is 5.41 Å². The predicted octanol–water partition coefficient (Wildman–Crippen LogP) is 14.5. The standard InChI is InChI=1S/C34H38O.C3H6.4C2H6/c1-9-17-25-28(21-13-5)34(27(19-11-3)20-12-4)31(24-16-8)29(22-14-6)33(35)30(23-15-7)32(34)26-18-10-2;1-3-2;4*1-2/h9-26H,1,3,5,7H2,2,4,6,8H3;3H,1H2,2H3;4*1-2H3/b18-10-,20-12-,22-14-,24-16-,25-17-,27-19+,28-21+,30-23+,32-26+;;;;;. The van der Waals surface area contributed by atoms with Gasteiger partial charge in [-0.05, 0) is 56.9 Å². The van der Waals surface area contributed by atoms with E-state index in [4.69, 9.17) is 0 Å². The largest absolute Gasteiger partial charge is 0.289 e. The van der Waals surface area contributed by atoms with Crippen LogP contribution in [0.4, 0.5) is 0 Å². The Hall–Kier alpha value is -4.23. The van der Waals surface area contributed by atoms with Crippen LogP contribution in [0.1, 0.15) is 90.0 Å². The van der Waals surface area contributed by atoms with Crippen LogP contribution in [0, 0.1) is 5.41 Å². The molecule has 0 radical (unpaired) electrons. The fourth-order valence-corrected chi connectivity index (χ4v) is 4.35. The molecule has 0 aromatic heterocycles. The van der Waals surface area contributed by atoms with Gasteiger partial charge in [0, 0.05) is 11.1 Å². The summed E-state index contributed by atoms with van der Waals surface area (Å²) in [5.41, 5.74) is 3.97. The van der Waals surface area contributed by atoms with E-state index in [1.165, 1.54) is 0 Å². The van der Waals surface area contributed by atoms with Gasteiger partial charge in [0.2, 0.25) is 0 Å². The molecule has 1 aliphatic rings. The minimum absolute atomic E-state index is 0.0495. The van der Waals surface area contributed by atoms with Crippen LogP contribution in [0.3, 0.4) is 0 Å². The van der Waals surface area contributed by atoms with Crippen molar-refractivity contribution in [1.82, 2.24) is 0 Å². The van der Waals surface area contributed by atoms with Crippen molar-refractivity contribution in [2.45, 2.75) is 90.0 Å². The van der Waals surface area contributed by atoms with Crippen molar-refractivity contribution < 1.29 is 4.79 Å². The summed E-state index contributed by atoms with van der Waals surface area (Å²) in [6.45, 7) is 44.8. The Balaban J connectivity index is -0.000000454. The molecule has 1 heteroatoms. The third-order valence-corrected chi connectivity index (χ3v) is 5.50. The lowest BCUT2D eigenvalue weighted by molar-refractivity contribution is -0.112. The van der Waals surface area contributed by atoms with E-state index in [0.29, 0.717) is 11.1 Å². The van der Waals surface area contributed by atoms with Crippen LogP contribution in [0.25, 0.3) is 0 Å². The van der Waals surface area contributed by atoms with Crippen LogP contribution in [-0.4, -0.2) is 5.78 Å². The zero-order valence-corrected chi connectivity index (χ0v) is 31.9. The molecule has 0 amide bonds. The topological polar surface area (TPSA) is 17.1 Å². The monoisotopic (exact) mass is 625 g/mol. The summed E-state index contributed by atoms with van der Waals surface area (Å²) in [5.74, 6) is -0.0495. The molecule has 0 bridgehead atoms. The van der Waals surface area contributed by atoms with Gasteiger partial charge in [-0.25, -0.2) is 0 Å². The first-order valence-corrected chi connectivity index (χ1v) is 16.8. The maximum atomic E-state index is 13.9. The van der Waals surface area contributed by atoms with Gasteiger partial charge in [-0.15, -0.1) is 6.58 Å². The van der Waals surface area contributed by atoms with Crippen LogP contribution >= 0.6 is 0 Å². The normalized spacial score (nSPS) is 18.1. The molecular weight excluding hydrogens is 556 g/mol. The quantitative estimate of drug-likeness (QED) is 0.127. The highest BCUT2D eigenvalue weighted by Crippen LogP contribution is 2.57. The third-order valence-electron chi connectivity index (χ3n) is 5.50. The Labute approximate surface area is 287 Å². The van der Waals surface area contributed by atoms with Gasteiger partial charge in [0.25, 0.3) is 0 Å². The summed E-state index contributed by atoms with van der Waals surface area (Å²) in [7, 11) is 0. The minimum atomic E-state index is -0.849. The molecule has 0 saturated heterocycles. The SMILES string of the molecule is C=C/C=C\C(=C/C=C)C1(C(/C=C\C)=C/C=C)C(/C=C\C)=C(/C=C\C)C(=O)C(=C/C=C)/C1=C\C=C/C.C=CC.CC.CC.CC.CC.